The molecule has 3 aromatic carbocycles. The Bertz CT molecular complexity index is 1340. The van der Waals surface area contributed by atoms with Gasteiger partial charge in [-0.2, -0.15) is 9.46 Å². The number of aromatic nitrogens is 2. The molecule has 6 rings (SSSR count). The fourth-order valence-electron chi connectivity index (χ4n) is 4.83. The monoisotopic (exact) mass is 470 g/mol. The molecule has 2 aliphatic rings. The molecule has 0 radical (unpaired) electrons. The molecule has 1 aromatic heterocycles. The van der Waals surface area contributed by atoms with Gasteiger partial charge >= 0.3 is 0 Å². The summed E-state index contributed by atoms with van der Waals surface area (Å²) in [5.41, 5.74) is 1.72. The number of fused-ring (bicyclic) bond motifs is 1. The molecule has 1 aliphatic heterocycles. The third kappa shape index (κ3) is 3.43. The highest BCUT2D eigenvalue weighted by atomic mass is 32.2. The van der Waals surface area contributed by atoms with Crippen molar-refractivity contribution >= 4 is 9.92 Å². The maximum Gasteiger partial charge on any atom is 0.230 e. The summed E-state index contributed by atoms with van der Waals surface area (Å²) >= 11 is 0. The zero-order valence-corrected chi connectivity index (χ0v) is 19.5. The molecular weight excluding hydrogens is 444 g/mol. The lowest BCUT2D eigenvalue weighted by molar-refractivity contribution is 0.144. The molecule has 2 heterocycles. The molecule has 172 valence electrons. The van der Waals surface area contributed by atoms with Crippen molar-refractivity contribution in [2.24, 2.45) is 14.9 Å². The van der Waals surface area contributed by atoms with Crippen molar-refractivity contribution in [2.75, 3.05) is 6.61 Å². The van der Waals surface area contributed by atoms with Crippen molar-refractivity contribution in [3.8, 4) is 5.88 Å². The van der Waals surface area contributed by atoms with Gasteiger partial charge in [-0.15, -0.1) is 0 Å². The van der Waals surface area contributed by atoms with E-state index in [0.717, 1.165) is 36.1 Å². The first-order valence-electron chi connectivity index (χ1n) is 11.4. The van der Waals surface area contributed by atoms with E-state index in [1.807, 2.05) is 91.0 Å². The highest BCUT2D eigenvalue weighted by molar-refractivity contribution is 7.91. The first kappa shape index (κ1) is 21.1. The molecule has 1 aliphatic carbocycles. The van der Waals surface area contributed by atoms with Gasteiger partial charge in [0, 0.05) is 5.41 Å². The first-order chi connectivity index (χ1) is 16.5. The summed E-state index contributed by atoms with van der Waals surface area (Å²) in [5.74, 6) is 0.469. The summed E-state index contributed by atoms with van der Waals surface area (Å²) in [5, 5.41) is 11.1. The highest BCUT2D eigenvalue weighted by Crippen LogP contribution is 2.51. The molecule has 7 heteroatoms. The van der Waals surface area contributed by atoms with Gasteiger partial charge in [0.25, 0.3) is 0 Å². The Morgan fingerprint density at radius 1 is 0.882 bits per heavy atom. The molecule has 6 nitrogen and oxygen atoms in total. The number of benzene rings is 3. The fourth-order valence-corrected chi connectivity index (χ4v) is 6.26. The van der Waals surface area contributed by atoms with E-state index in [4.69, 9.17) is 14.2 Å². The van der Waals surface area contributed by atoms with E-state index in [9.17, 15) is 4.21 Å². The van der Waals surface area contributed by atoms with Crippen LogP contribution in [-0.2, 0) is 22.0 Å². The van der Waals surface area contributed by atoms with Crippen molar-refractivity contribution in [1.82, 2.24) is 9.78 Å². The van der Waals surface area contributed by atoms with Crippen LogP contribution in [0.15, 0.2) is 106 Å². The van der Waals surface area contributed by atoms with Gasteiger partial charge in [0.1, 0.15) is 20.3 Å². The van der Waals surface area contributed by atoms with Gasteiger partial charge in [-0.1, -0.05) is 91.0 Å². The molecule has 0 bridgehead atoms. The third-order valence-corrected chi connectivity index (χ3v) is 8.33. The Balaban J connectivity index is 1.61. The van der Waals surface area contributed by atoms with E-state index in [1.165, 1.54) is 0 Å². The highest BCUT2D eigenvalue weighted by Gasteiger charge is 2.48. The summed E-state index contributed by atoms with van der Waals surface area (Å²) in [6, 6.07) is 29.6. The van der Waals surface area contributed by atoms with Crippen LogP contribution in [0.2, 0.25) is 0 Å². The summed E-state index contributed by atoms with van der Waals surface area (Å²) in [4.78, 5) is 0.343. The van der Waals surface area contributed by atoms with Crippen LogP contribution in [0.25, 0.3) is 0 Å². The molecule has 1 atom stereocenters. The third-order valence-electron chi connectivity index (χ3n) is 6.88. The lowest BCUT2D eigenvalue weighted by atomic mass is 9.78. The average Bonchev–Trinajstić information content (AvgIpc) is 3.48. The topological polar surface area (TPSA) is 82.5 Å². The smallest absolute Gasteiger partial charge is 0.230 e. The van der Waals surface area contributed by atoms with Gasteiger partial charge in [-0.25, -0.2) is 14.0 Å². The fraction of sp³-hybridized carbons (Fsp3) is 0.222. The molecule has 1 saturated carbocycles. The minimum atomic E-state index is -3.41. The van der Waals surface area contributed by atoms with Crippen LogP contribution in [0, 0.1) is 5.41 Å². The van der Waals surface area contributed by atoms with Crippen molar-refractivity contribution in [3.63, 3.8) is 0 Å². The molecule has 0 amide bonds. The Hall–Kier alpha value is -3.42. The normalized spacial score (nSPS) is 17.9. The number of nitrogens with two attached hydrogens (primary N) is 1. The van der Waals surface area contributed by atoms with E-state index in [-0.39, 0.29) is 5.41 Å². The van der Waals surface area contributed by atoms with Gasteiger partial charge in [0.05, 0.1) is 19.3 Å². The van der Waals surface area contributed by atoms with Crippen LogP contribution < -0.4 is 9.88 Å². The quantitative estimate of drug-likeness (QED) is 0.428. The molecule has 1 spiro atoms. The molecule has 34 heavy (non-hydrogen) atoms. The van der Waals surface area contributed by atoms with E-state index in [2.05, 4.69) is 5.10 Å². The Morgan fingerprint density at radius 2 is 1.38 bits per heavy atom. The van der Waals surface area contributed by atoms with Crippen LogP contribution in [0.5, 0.6) is 5.88 Å². The molecule has 1 unspecified atom stereocenters. The molecular formula is C27H26N4O2S. The average molecular weight is 471 g/mol. The van der Waals surface area contributed by atoms with Gasteiger partial charge in [0.2, 0.25) is 5.88 Å². The van der Waals surface area contributed by atoms with Gasteiger partial charge in [-0.05, 0) is 29.5 Å². The van der Waals surface area contributed by atoms with Crippen LogP contribution >= 0.6 is 0 Å². The summed E-state index contributed by atoms with van der Waals surface area (Å²) < 4.78 is 27.2. The number of rotatable bonds is 5. The second kappa shape index (κ2) is 7.82. The Labute approximate surface area is 199 Å². The summed E-state index contributed by atoms with van der Waals surface area (Å²) in [7, 11) is -3.41. The predicted molar refractivity (Wildman–Crippen MR) is 132 cm³/mol. The van der Waals surface area contributed by atoms with Gasteiger partial charge in [0.15, 0.2) is 0 Å². The second-order valence-corrected chi connectivity index (χ2v) is 11.0. The maximum absolute atomic E-state index is 14.3. The molecule has 2 N–H and O–H groups in total. The molecule has 0 saturated heterocycles. The van der Waals surface area contributed by atoms with Crippen molar-refractivity contribution in [3.05, 3.63) is 114 Å². The van der Waals surface area contributed by atoms with Crippen LogP contribution in [0.3, 0.4) is 0 Å². The zero-order valence-electron chi connectivity index (χ0n) is 18.7. The minimum Gasteiger partial charge on any atom is -0.476 e. The number of hydrogen-bond acceptors (Lipinski definition) is 4. The van der Waals surface area contributed by atoms with Gasteiger partial charge < -0.3 is 4.74 Å². The standard InChI is InChI=1S/C27H26N4O2S/c28-34(32,24-18-29-31-19-26(16-17-26)20-33-25(24)31)30-27(21-10-4-1-5-11-21,22-12-6-2-7-13-22)23-14-8-3-9-15-23/h1-15,18H,16-17,19-20H2,(H2,28,30,32). The maximum atomic E-state index is 14.3. The van der Waals surface area contributed by atoms with Crippen molar-refractivity contribution in [1.29, 1.82) is 0 Å². The second-order valence-electron chi connectivity index (χ2n) is 9.23. The molecule has 1 fully saturated rings. The lowest BCUT2D eigenvalue weighted by Gasteiger charge is -2.32. The minimum absolute atomic E-state index is 0.171. The van der Waals surface area contributed by atoms with Crippen LogP contribution in [0.1, 0.15) is 29.5 Å². The number of nitrogens with zero attached hydrogens (tertiary/aromatic N) is 3. The SMILES string of the molecule is NS(=O)(=NC(c1ccccc1)(c1ccccc1)c1ccccc1)c1cnn2c1OCC1(CC1)C2. The van der Waals surface area contributed by atoms with Crippen LogP contribution in [0.4, 0.5) is 0 Å². The number of hydrogen-bond donors (Lipinski definition) is 1. The summed E-state index contributed by atoms with van der Waals surface area (Å²) in [6.45, 7) is 1.36. The van der Waals surface area contributed by atoms with E-state index >= 15 is 0 Å². The van der Waals surface area contributed by atoms with Crippen molar-refractivity contribution in [2.45, 2.75) is 29.8 Å². The van der Waals surface area contributed by atoms with Crippen molar-refractivity contribution < 1.29 is 8.95 Å². The van der Waals surface area contributed by atoms with E-state index in [0.29, 0.717) is 17.4 Å². The van der Waals surface area contributed by atoms with Gasteiger partial charge in [-0.3, -0.25) is 0 Å². The lowest BCUT2D eigenvalue weighted by Crippen LogP contribution is -2.31. The Morgan fingerprint density at radius 3 is 1.85 bits per heavy atom. The zero-order chi connectivity index (χ0) is 23.2. The van der Waals surface area contributed by atoms with E-state index in [1.54, 1.807) is 10.9 Å². The first-order valence-corrected chi connectivity index (χ1v) is 13.0. The van der Waals surface area contributed by atoms with E-state index < -0.39 is 15.5 Å². The summed E-state index contributed by atoms with van der Waals surface area (Å²) in [6.07, 6.45) is 3.82. The van der Waals surface area contributed by atoms with Crippen LogP contribution in [-0.4, -0.2) is 20.6 Å². The molecule has 4 aromatic rings. The number of ether oxygens (including phenoxy) is 1. The Kier molecular flexibility index (Phi) is 4.86. The largest absolute Gasteiger partial charge is 0.476 e. The predicted octanol–water partition coefficient (Wildman–Crippen LogP) is 4.75.